The minimum absolute atomic E-state index is 0.119. The molecule has 1 heterocycles. The molecule has 1 aromatic carbocycles. The van der Waals surface area contributed by atoms with Crippen LogP contribution in [-0.4, -0.2) is 27.4 Å². The lowest BCUT2D eigenvalue weighted by atomic mass is 10.2. The number of rotatable bonds is 4. The average molecular weight is 292 g/mol. The zero-order valence-corrected chi connectivity index (χ0v) is 11.3. The highest BCUT2D eigenvalue weighted by atomic mass is 32.1. The number of carbonyl (C=O) groups excluding carboxylic acids is 1. The molecule has 2 rings (SSSR count). The second kappa shape index (κ2) is 6.13. The molecule has 2 aromatic rings. The average Bonchev–Trinajstić information content (AvgIpc) is 2.81. The molecule has 20 heavy (non-hydrogen) atoms. The van der Waals surface area contributed by atoms with Crippen LogP contribution in [0.4, 0.5) is 5.13 Å². The maximum absolute atomic E-state index is 11.3. The van der Waals surface area contributed by atoms with Gasteiger partial charge in [-0.1, -0.05) is 23.5 Å². The largest absolute Gasteiger partial charge is 0.507 e. The van der Waals surface area contributed by atoms with Crippen molar-refractivity contribution in [3.8, 4) is 5.75 Å². The summed E-state index contributed by atoms with van der Waals surface area (Å²) < 4.78 is 0. The predicted octanol–water partition coefficient (Wildman–Crippen LogP) is 1.72. The first-order valence-electron chi connectivity index (χ1n) is 5.60. The Morgan fingerprint density at radius 3 is 2.90 bits per heavy atom. The van der Waals surface area contributed by atoms with Gasteiger partial charge in [0.1, 0.15) is 10.6 Å². The van der Waals surface area contributed by atoms with E-state index < -0.39 is 5.91 Å². The predicted molar refractivity (Wildman–Crippen MR) is 75.4 cm³/mol. The van der Waals surface area contributed by atoms with E-state index in [9.17, 15) is 9.90 Å². The number of thiazole rings is 1. The van der Waals surface area contributed by atoms with Crippen molar-refractivity contribution in [1.82, 2.24) is 10.5 Å². The van der Waals surface area contributed by atoms with E-state index in [0.717, 1.165) is 11.3 Å². The standard InChI is InChI=1S/C12H12N4O3S/c1-7-10(11(18)16-19)20-12(14-7)15-13-6-8-4-2-3-5-9(8)17/h2-6,17,19H,1H3,(H,14,15)(H,16,18)/b13-6+. The van der Waals surface area contributed by atoms with Crippen molar-refractivity contribution < 1.29 is 15.1 Å². The smallest absolute Gasteiger partial charge is 0.286 e. The van der Waals surface area contributed by atoms with Crippen LogP contribution in [0.25, 0.3) is 0 Å². The molecule has 104 valence electrons. The lowest BCUT2D eigenvalue weighted by Gasteiger charge is -1.97. The summed E-state index contributed by atoms with van der Waals surface area (Å²) in [6, 6.07) is 6.75. The van der Waals surface area contributed by atoms with Crippen LogP contribution in [0.15, 0.2) is 29.4 Å². The quantitative estimate of drug-likeness (QED) is 0.390. The Hall–Kier alpha value is -2.45. The number of anilines is 1. The topological polar surface area (TPSA) is 107 Å². The third kappa shape index (κ3) is 3.11. The van der Waals surface area contributed by atoms with Crippen molar-refractivity contribution in [3.05, 3.63) is 40.4 Å². The zero-order valence-electron chi connectivity index (χ0n) is 10.5. The molecule has 0 fully saturated rings. The van der Waals surface area contributed by atoms with Gasteiger partial charge in [0.15, 0.2) is 0 Å². The van der Waals surface area contributed by atoms with Crippen molar-refractivity contribution in [3.63, 3.8) is 0 Å². The van der Waals surface area contributed by atoms with Crippen LogP contribution in [0, 0.1) is 6.92 Å². The monoisotopic (exact) mass is 292 g/mol. The number of benzene rings is 1. The number of aromatic nitrogens is 1. The first-order valence-corrected chi connectivity index (χ1v) is 6.42. The minimum Gasteiger partial charge on any atom is -0.507 e. The van der Waals surface area contributed by atoms with Crippen LogP contribution in [0.2, 0.25) is 0 Å². The molecule has 4 N–H and O–H groups in total. The minimum atomic E-state index is -0.613. The van der Waals surface area contributed by atoms with Gasteiger partial charge in [0.25, 0.3) is 5.91 Å². The number of hydrazone groups is 1. The number of aromatic hydroxyl groups is 1. The molecular formula is C12H12N4O3S. The Morgan fingerprint density at radius 1 is 1.45 bits per heavy atom. The van der Waals surface area contributed by atoms with E-state index in [1.165, 1.54) is 6.21 Å². The van der Waals surface area contributed by atoms with Gasteiger partial charge in [-0.15, -0.1) is 0 Å². The summed E-state index contributed by atoms with van der Waals surface area (Å²) >= 11 is 1.06. The first kappa shape index (κ1) is 14.0. The molecule has 0 saturated carbocycles. The third-order valence-electron chi connectivity index (χ3n) is 2.40. The third-order valence-corrected chi connectivity index (χ3v) is 3.47. The summed E-state index contributed by atoms with van der Waals surface area (Å²) in [6.45, 7) is 1.65. The van der Waals surface area contributed by atoms with Crippen molar-refractivity contribution in [2.45, 2.75) is 6.92 Å². The molecule has 8 heteroatoms. The number of amides is 1. The number of para-hydroxylation sites is 1. The second-order valence-electron chi connectivity index (χ2n) is 3.80. The highest BCUT2D eigenvalue weighted by Crippen LogP contribution is 2.22. The Labute approximate surface area is 118 Å². The van der Waals surface area contributed by atoms with Gasteiger partial charge in [-0.05, 0) is 19.1 Å². The highest BCUT2D eigenvalue weighted by molar-refractivity contribution is 7.17. The summed E-state index contributed by atoms with van der Waals surface area (Å²) in [5.74, 6) is -0.494. The van der Waals surface area contributed by atoms with Gasteiger partial charge in [-0.3, -0.25) is 15.4 Å². The Kier molecular flexibility index (Phi) is 4.28. The molecule has 0 spiro atoms. The van der Waals surface area contributed by atoms with Crippen LogP contribution < -0.4 is 10.9 Å². The number of hydrogen-bond acceptors (Lipinski definition) is 7. The molecule has 7 nitrogen and oxygen atoms in total. The molecule has 1 aromatic heterocycles. The molecule has 0 radical (unpaired) electrons. The highest BCUT2D eigenvalue weighted by Gasteiger charge is 2.14. The molecule has 0 atom stereocenters. The number of nitrogens with zero attached hydrogens (tertiary/aromatic N) is 2. The molecule has 0 saturated heterocycles. The normalized spacial score (nSPS) is 10.7. The van der Waals surface area contributed by atoms with Crippen molar-refractivity contribution in [1.29, 1.82) is 0 Å². The summed E-state index contributed by atoms with van der Waals surface area (Å²) in [5, 5.41) is 22.5. The fourth-order valence-corrected chi connectivity index (χ4v) is 2.27. The molecular weight excluding hydrogens is 280 g/mol. The molecule has 0 aliphatic carbocycles. The Balaban J connectivity index is 2.08. The molecule has 0 aliphatic rings. The Morgan fingerprint density at radius 2 is 2.20 bits per heavy atom. The molecule has 0 unspecified atom stereocenters. The van der Waals surface area contributed by atoms with Crippen LogP contribution >= 0.6 is 11.3 Å². The van der Waals surface area contributed by atoms with E-state index in [4.69, 9.17) is 5.21 Å². The fraction of sp³-hybridized carbons (Fsp3) is 0.0833. The Bertz CT molecular complexity index is 654. The fourth-order valence-electron chi connectivity index (χ4n) is 1.46. The van der Waals surface area contributed by atoms with Gasteiger partial charge in [0.2, 0.25) is 5.13 Å². The van der Waals surface area contributed by atoms with Gasteiger partial charge in [0.05, 0.1) is 11.9 Å². The summed E-state index contributed by atoms with van der Waals surface area (Å²) in [5.41, 5.74) is 5.27. The summed E-state index contributed by atoms with van der Waals surface area (Å²) in [4.78, 5) is 15.7. The SMILES string of the molecule is Cc1nc(N/N=C/c2ccccc2O)sc1C(=O)NO. The number of nitrogens with one attached hydrogen (secondary N) is 2. The van der Waals surface area contributed by atoms with E-state index in [2.05, 4.69) is 15.5 Å². The number of aryl methyl sites for hydroxylation is 1. The lowest BCUT2D eigenvalue weighted by molar-refractivity contribution is 0.0710. The molecule has 0 aliphatic heterocycles. The van der Waals surface area contributed by atoms with E-state index in [-0.39, 0.29) is 5.75 Å². The number of phenols is 1. The van der Waals surface area contributed by atoms with E-state index >= 15 is 0 Å². The van der Waals surface area contributed by atoms with Gasteiger partial charge >= 0.3 is 0 Å². The first-order chi connectivity index (χ1) is 9.61. The van der Waals surface area contributed by atoms with E-state index in [1.54, 1.807) is 36.7 Å². The van der Waals surface area contributed by atoms with Crippen LogP contribution in [0.5, 0.6) is 5.75 Å². The number of hydrogen-bond donors (Lipinski definition) is 4. The molecule has 0 bridgehead atoms. The van der Waals surface area contributed by atoms with Crippen LogP contribution in [-0.2, 0) is 0 Å². The van der Waals surface area contributed by atoms with Gasteiger partial charge in [0, 0.05) is 5.56 Å². The van der Waals surface area contributed by atoms with E-state index in [0.29, 0.717) is 21.3 Å². The van der Waals surface area contributed by atoms with Crippen molar-refractivity contribution in [2.24, 2.45) is 5.10 Å². The lowest BCUT2D eigenvalue weighted by Crippen LogP contribution is -2.18. The van der Waals surface area contributed by atoms with Crippen molar-refractivity contribution in [2.75, 3.05) is 5.43 Å². The molecule has 1 amide bonds. The second-order valence-corrected chi connectivity index (χ2v) is 4.80. The number of hydroxylamine groups is 1. The van der Waals surface area contributed by atoms with E-state index in [1.807, 2.05) is 0 Å². The summed E-state index contributed by atoms with van der Waals surface area (Å²) in [6.07, 6.45) is 1.44. The zero-order chi connectivity index (χ0) is 14.5. The summed E-state index contributed by atoms with van der Waals surface area (Å²) in [7, 11) is 0. The maximum Gasteiger partial charge on any atom is 0.286 e. The van der Waals surface area contributed by atoms with Gasteiger partial charge in [-0.25, -0.2) is 10.5 Å². The number of phenolic OH excluding ortho intramolecular Hbond substituents is 1. The van der Waals surface area contributed by atoms with Gasteiger partial charge in [-0.2, -0.15) is 5.10 Å². The number of carbonyl (C=O) groups is 1. The maximum atomic E-state index is 11.3. The van der Waals surface area contributed by atoms with Crippen LogP contribution in [0.1, 0.15) is 20.9 Å². The van der Waals surface area contributed by atoms with Crippen LogP contribution in [0.3, 0.4) is 0 Å². The van der Waals surface area contributed by atoms with Gasteiger partial charge < -0.3 is 5.11 Å². The van der Waals surface area contributed by atoms with Crippen molar-refractivity contribution >= 4 is 28.6 Å².